The van der Waals surface area contributed by atoms with Crippen LogP contribution in [-0.4, -0.2) is 20.5 Å². The predicted octanol–water partition coefficient (Wildman–Crippen LogP) is 4.39. The topological polar surface area (TPSA) is 57.0 Å². The Hall–Kier alpha value is -1.59. The average Bonchev–Trinajstić information content (AvgIpc) is 2.75. The molecule has 0 spiro atoms. The number of nitrogens with zero attached hydrogens (tertiary/aromatic N) is 3. The van der Waals surface area contributed by atoms with Crippen LogP contribution in [0.25, 0.3) is 0 Å². The highest BCUT2D eigenvalue weighted by Gasteiger charge is 2.34. The number of rotatable bonds is 4. The van der Waals surface area contributed by atoms with Gasteiger partial charge in [0.25, 0.3) is 6.23 Å². The summed E-state index contributed by atoms with van der Waals surface area (Å²) >= 11 is 12.1. The molecule has 5 nitrogen and oxygen atoms in total. The molecule has 23 heavy (non-hydrogen) atoms. The Morgan fingerprint density at radius 2 is 1.91 bits per heavy atom. The number of ketones is 1. The molecule has 0 unspecified atom stereocenters. The average molecular weight is 356 g/mol. The van der Waals surface area contributed by atoms with Crippen molar-refractivity contribution in [2.24, 2.45) is 5.41 Å². The Balaban J connectivity index is 2.46. The molecule has 0 saturated carbocycles. The van der Waals surface area contributed by atoms with Crippen molar-refractivity contribution in [3.8, 4) is 5.75 Å². The van der Waals surface area contributed by atoms with E-state index in [4.69, 9.17) is 27.9 Å². The first-order chi connectivity index (χ1) is 10.6. The number of hydrogen-bond donors (Lipinski definition) is 0. The molecule has 0 fully saturated rings. The number of aromatic nitrogens is 3. The normalized spacial score (nSPS) is 13.0. The third-order valence-electron chi connectivity index (χ3n) is 3.23. The molecule has 0 aliphatic carbocycles. The fourth-order valence-corrected chi connectivity index (χ4v) is 2.49. The van der Waals surface area contributed by atoms with Crippen LogP contribution < -0.4 is 4.74 Å². The summed E-state index contributed by atoms with van der Waals surface area (Å²) in [6.45, 7) is 9.02. The van der Waals surface area contributed by atoms with Crippen molar-refractivity contribution < 1.29 is 9.53 Å². The molecule has 0 bridgehead atoms. The van der Waals surface area contributed by atoms with Crippen molar-refractivity contribution >= 4 is 29.0 Å². The van der Waals surface area contributed by atoms with Crippen molar-refractivity contribution in [3.63, 3.8) is 0 Å². The molecule has 124 valence electrons. The lowest BCUT2D eigenvalue weighted by Gasteiger charge is -2.26. The number of carbonyl (C=O) groups excluding carboxylic acids is 1. The lowest BCUT2D eigenvalue weighted by Crippen LogP contribution is -2.35. The van der Waals surface area contributed by atoms with E-state index in [2.05, 4.69) is 10.1 Å². The van der Waals surface area contributed by atoms with Gasteiger partial charge in [0.2, 0.25) is 5.78 Å². The number of hydrogen-bond acceptors (Lipinski definition) is 4. The second kappa shape index (κ2) is 6.49. The standard InChI is InChI=1S/C16H19Cl2N3O2/c1-9-19-10(2)21(20-9)15(14(22)16(3,4)5)23-13-7-6-11(17)8-12(13)18/h6-8,15H,1-5H3/t15-/m0/s1. The van der Waals surface area contributed by atoms with Crippen LogP contribution in [-0.2, 0) is 4.79 Å². The van der Waals surface area contributed by atoms with E-state index in [0.29, 0.717) is 27.4 Å². The van der Waals surface area contributed by atoms with Gasteiger partial charge in [0.1, 0.15) is 17.4 Å². The minimum Gasteiger partial charge on any atom is -0.460 e. The minimum atomic E-state index is -0.949. The molecule has 1 atom stereocenters. The molecule has 2 aromatic rings. The lowest BCUT2D eigenvalue weighted by atomic mass is 9.89. The number of benzene rings is 1. The highest BCUT2D eigenvalue weighted by atomic mass is 35.5. The van der Waals surface area contributed by atoms with Crippen LogP contribution in [0.4, 0.5) is 0 Å². The van der Waals surface area contributed by atoms with Crippen molar-refractivity contribution in [2.45, 2.75) is 40.8 Å². The molecule has 2 rings (SSSR count). The molecule has 7 heteroatoms. The van der Waals surface area contributed by atoms with Gasteiger partial charge in [0.05, 0.1) is 5.02 Å². The maximum Gasteiger partial charge on any atom is 0.252 e. The molecule has 0 radical (unpaired) electrons. The molecule has 0 N–H and O–H groups in total. The quantitative estimate of drug-likeness (QED) is 0.815. The SMILES string of the molecule is Cc1nc(C)n([C@@H](Oc2ccc(Cl)cc2Cl)C(=O)C(C)(C)C)n1. The number of carbonyl (C=O) groups is 1. The first-order valence-electron chi connectivity index (χ1n) is 7.15. The maximum absolute atomic E-state index is 12.8. The summed E-state index contributed by atoms with van der Waals surface area (Å²) in [4.78, 5) is 17.1. The van der Waals surface area contributed by atoms with Gasteiger partial charge in [0, 0.05) is 10.4 Å². The van der Waals surface area contributed by atoms with Crippen molar-refractivity contribution in [2.75, 3.05) is 0 Å². The molecule has 0 saturated heterocycles. The number of ether oxygens (including phenoxy) is 1. The van der Waals surface area contributed by atoms with Crippen LogP contribution >= 0.6 is 23.2 Å². The summed E-state index contributed by atoms with van der Waals surface area (Å²) in [6.07, 6.45) is -0.949. The van der Waals surface area contributed by atoms with E-state index in [1.807, 2.05) is 20.8 Å². The maximum atomic E-state index is 12.8. The summed E-state index contributed by atoms with van der Waals surface area (Å²) in [5.74, 6) is 1.40. The Morgan fingerprint density at radius 1 is 1.26 bits per heavy atom. The predicted molar refractivity (Wildman–Crippen MR) is 90.1 cm³/mol. The summed E-state index contributed by atoms with van der Waals surface area (Å²) in [5, 5.41) is 5.11. The van der Waals surface area contributed by atoms with Gasteiger partial charge in [0.15, 0.2) is 0 Å². The van der Waals surface area contributed by atoms with E-state index in [9.17, 15) is 4.79 Å². The summed E-state index contributed by atoms with van der Waals surface area (Å²) in [6, 6.07) is 4.85. The first-order valence-corrected chi connectivity index (χ1v) is 7.91. The van der Waals surface area contributed by atoms with Gasteiger partial charge in [-0.1, -0.05) is 44.0 Å². The van der Waals surface area contributed by atoms with E-state index in [0.717, 1.165) is 0 Å². The summed E-state index contributed by atoms with van der Waals surface area (Å²) in [5.41, 5.74) is -0.615. The molecule has 1 aromatic heterocycles. The van der Waals surface area contributed by atoms with E-state index in [1.165, 1.54) is 4.68 Å². The Morgan fingerprint density at radius 3 is 2.39 bits per heavy atom. The Labute approximate surface area is 145 Å². The van der Waals surface area contributed by atoms with Gasteiger partial charge >= 0.3 is 0 Å². The van der Waals surface area contributed by atoms with Gasteiger partial charge in [-0.15, -0.1) is 0 Å². The van der Waals surface area contributed by atoms with Crippen LogP contribution in [0, 0.1) is 19.3 Å². The highest BCUT2D eigenvalue weighted by Crippen LogP contribution is 2.32. The largest absolute Gasteiger partial charge is 0.460 e. The van der Waals surface area contributed by atoms with Crippen LogP contribution in [0.15, 0.2) is 18.2 Å². The van der Waals surface area contributed by atoms with E-state index in [-0.39, 0.29) is 5.78 Å². The number of halogens is 2. The zero-order chi connectivity index (χ0) is 17.4. The van der Waals surface area contributed by atoms with Gasteiger partial charge in [-0.05, 0) is 32.0 Å². The van der Waals surface area contributed by atoms with Gasteiger partial charge in [-0.3, -0.25) is 4.79 Å². The molecule has 1 aromatic carbocycles. The van der Waals surface area contributed by atoms with Gasteiger partial charge in [-0.2, -0.15) is 5.10 Å². The third kappa shape index (κ3) is 4.03. The van der Waals surface area contributed by atoms with Crippen molar-refractivity contribution in [1.82, 2.24) is 14.8 Å². The zero-order valence-electron chi connectivity index (χ0n) is 13.7. The molecular weight excluding hydrogens is 337 g/mol. The van der Waals surface area contributed by atoms with Gasteiger partial charge < -0.3 is 4.74 Å². The van der Waals surface area contributed by atoms with Crippen molar-refractivity contribution in [3.05, 3.63) is 39.9 Å². The molecule has 0 aliphatic heterocycles. The van der Waals surface area contributed by atoms with Gasteiger partial charge in [-0.25, -0.2) is 9.67 Å². The Kier molecular flexibility index (Phi) is 5.01. The molecule has 1 heterocycles. The smallest absolute Gasteiger partial charge is 0.252 e. The summed E-state index contributed by atoms with van der Waals surface area (Å²) < 4.78 is 7.37. The summed E-state index contributed by atoms with van der Waals surface area (Å²) in [7, 11) is 0. The van der Waals surface area contributed by atoms with E-state index < -0.39 is 11.6 Å². The Bertz CT molecular complexity index is 735. The van der Waals surface area contributed by atoms with Crippen LogP contribution in [0.5, 0.6) is 5.75 Å². The molecular formula is C16H19Cl2N3O2. The first kappa shape index (κ1) is 17.8. The second-order valence-corrected chi connectivity index (χ2v) is 7.15. The fraction of sp³-hybridized carbons (Fsp3) is 0.438. The fourth-order valence-electron chi connectivity index (χ4n) is 2.03. The van der Waals surface area contributed by atoms with E-state index >= 15 is 0 Å². The zero-order valence-corrected chi connectivity index (χ0v) is 15.2. The molecule has 0 amide bonds. The highest BCUT2D eigenvalue weighted by molar-refractivity contribution is 6.35. The number of aryl methyl sites for hydroxylation is 2. The third-order valence-corrected chi connectivity index (χ3v) is 3.76. The minimum absolute atomic E-state index is 0.128. The van der Waals surface area contributed by atoms with Crippen LogP contribution in [0.2, 0.25) is 10.0 Å². The van der Waals surface area contributed by atoms with Crippen molar-refractivity contribution in [1.29, 1.82) is 0 Å². The van der Waals surface area contributed by atoms with E-state index in [1.54, 1.807) is 32.0 Å². The van der Waals surface area contributed by atoms with Crippen LogP contribution in [0.1, 0.15) is 38.6 Å². The van der Waals surface area contributed by atoms with Crippen LogP contribution in [0.3, 0.4) is 0 Å². The molecule has 0 aliphatic rings. The number of Topliss-reactive ketones (excluding diaryl/α,β-unsaturated/α-hetero) is 1. The monoisotopic (exact) mass is 355 g/mol. The lowest BCUT2D eigenvalue weighted by molar-refractivity contribution is -0.138. The second-order valence-electron chi connectivity index (χ2n) is 6.31.